The van der Waals surface area contributed by atoms with Gasteiger partial charge in [0.1, 0.15) is 12.4 Å². The second-order valence-electron chi connectivity index (χ2n) is 5.65. The third kappa shape index (κ3) is 5.94. The van der Waals surface area contributed by atoms with Crippen molar-refractivity contribution in [2.24, 2.45) is 0 Å². The number of hydrogen-bond donors (Lipinski definition) is 2. The predicted octanol–water partition coefficient (Wildman–Crippen LogP) is 4.77. The van der Waals surface area contributed by atoms with Crippen molar-refractivity contribution in [3.8, 4) is 5.75 Å². The van der Waals surface area contributed by atoms with Crippen LogP contribution in [0.15, 0.2) is 48.5 Å². The molecule has 0 aliphatic heterocycles. The molecule has 0 bridgehead atoms. The molecule has 0 aliphatic carbocycles. The van der Waals surface area contributed by atoms with E-state index in [1.807, 2.05) is 38.1 Å². The van der Waals surface area contributed by atoms with Crippen molar-refractivity contribution in [3.63, 3.8) is 0 Å². The molecule has 0 saturated carbocycles. The van der Waals surface area contributed by atoms with Crippen LogP contribution in [0.3, 0.4) is 0 Å². The molecule has 2 rings (SSSR count). The Kier molecular flexibility index (Phi) is 6.25. The summed E-state index contributed by atoms with van der Waals surface area (Å²) in [5, 5.41) is 6.21. The highest BCUT2D eigenvalue weighted by atomic mass is 32.1. The van der Waals surface area contributed by atoms with Crippen molar-refractivity contribution in [1.82, 2.24) is 5.32 Å². The normalized spacial score (nSPS) is 12.4. The Bertz CT molecular complexity index is 717. The van der Waals surface area contributed by atoms with E-state index in [9.17, 15) is 13.2 Å². The molecule has 0 aliphatic rings. The molecule has 0 aromatic heterocycles. The molecule has 2 aromatic carbocycles. The number of ether oxygens (including phenoxy) is 1. The lowest BCUT2D eigenvalue weighted by Gasteiger charge is -2.18. The molecule has 134 valence electrons. The van der Waals surface area contributed by atoms with Crippen LogP contribution in [0.25, 0.3) is 0 Å². The van der Waals surface area contributed by atoms with E-state index in [2.05, 4.69) is 10.6 Å². The first kappa shape index (κ1) is 19.1. The molecule has 2 aromatic rings. The lowest BCUT2D eigenvalue weighted by molar-refractivity contribution is -0.137. The van der Waals surface area contributed by atoms with E-state index < -0.39 is 11.7 Å². The van der Waals surface area contributed by atoms with Gasteiger partial charge >= 0.3 is 6.18 Å². The number of aryl methyl sites for hydroxylation is 1. The first-order valence-corrected chi connectivity index (χ1v) is 8.10. The Morgan fingerprint density at radius 2 is 1.76 bits per heavy atom. The van der Waals surface area contributed by atoms with Gasteiger partial charge in [-0.2, -0.15) is 13.2 Å². The molecule has 0 unspecified atom stereocenters. The SMILES string of the molecule is Cc1ccccc1OC[C@@H](C)NC(=S)Nc1ccc(C(F)(F)F)cc1. The van der Waals surface area contributed by atoms with Crippen molar-refractivity contribution < 1.29 is 17.9 Å². The molecular weight excluding hydrogens is 349 g/mol. The van der Waals surface area contributed by atoms with Crippen LogP contribution in [-0.4, -0.2) is 17.8 Å². The zero-order chi connectivity index (χ0) is 18.4. The van der Waals surface area contributed by atoms with E-state index in [0.29, 0.717) is 17.4 Å². The fourth-order valence-electron chi connectivity index (χ4n) is 2.11. The van der Waals surface area contributed by atoms with Crippen molar-refractivity contribution in [2.75, 3.05) is 11.9 Å². The number of hydrogen-bond acceptors (Lipinski definition) is 2. The van der Waals surface area contributed by atoms with Gasteiger partial charge in [0.15, 0.2) is 5.11 Å². The zero-order valence-corrected chi connectivity index (χ0v) is 14.7. The summed E-state index contributed by atoms with van der Waals surface area (Å²) in [6, 6.07) is 12.3. The third-order valence-corrected chi connectivity index (χ3v) is 3.65. The molecule has 0 heterocycles. The van der Waals surface area contributed by atoms with Gasteiger partial charge in [-0.15, -0.1) is 0 Å². The van der Waals surface area contributed by atoms with Crippen LogP contribution in [0, 0.1) is 6.92 Å². The van der Waals surface area contributed by atoms with E-state index in [-0.39, 0.29) is 6.04 Å². The lowest BCUT2D eigenvalue weighted by atomic mass is 10.2. The first-order chi connectivity index (χ1) is 11.8. The number of rotatable bonds is 5. The number of benzene rings is 2. The smallest absolute Gasteiger partial charge is 0.416 e. The molecule has 2 N–H and O–H groups in total. The average Bonchev–Trinajstić information content (AvgIpc) is 2.53. The van der Waals surface area contributed by atoms with Crippen LogP contribution >= 0.6 is 12.2 Å². The Hall–Kier alpha value is -2.28. The number of para-hydroxylation sites is 1. The fourth-order valence-corrected chi connectivity index (χ4v) is 2.43. The van der Waals surface area contributed by atoms with Gasteiger partial charge in [0.05, 0.1) is 11.6 Å². The van der Waals surface area contributed by atoms with Crippen LogP contribution in [-0.2, 0) is 6.18 Å². The summed E-state index contributed by atoms with van der Waals surface area (Å²) in [5.41, 5.74) is 0.828. The average molecular weight is 368 g/mol. The predicted molar refractivity (Wildman–Crippen MR) is 96.9 cm³/mol. The van der Waals surface area contributed by atoms with Gasteiger partial charge in [-0.3, -0.25) is 0 Å². The summed E-state index contributed by atoms with van der Waals surface area (Å²) in [5.74, 6) is 0.803. The summed E-state index contributed by atoms with van der Waals surface area (Å²) < 4.78 is 43.3. The van der Waals surface area contributed by atoms with Crippen LogP contribution < -0.4 is 15.4 Å². The van der Waals surface area contributed by atoms with Gasteiger partial charge in [-0.1, -0.05) is 18.2 Å². The quantitative estimate of drug-likeness (QED) is 0.745. The molecule has 0 amide bonds. The van der Waals surface area contributed by atoms with Crippen LogP contribution in [0.5, 0.6) is 5.75 Å². The van der Waals surface area contributed by atoms with E-state index in [1.54, 1.807) is 0 Å². The van der Waals surface area contributed by atoms with E-state index in [0.717, 1.165) is 23.4 Å². The van der Waals surface area contributed by atoms with E-state index in [4.69, 9.17) is 17.0 Å². The van der Waals surface area contributed by atoms with Crippen molar-refractivity contribution in [2.45, 2.75) is 26.1 Å². The third-order valence-electron chi connectivity index (χ3n) is 3.43. The molecule has 0 fully saturated rings. The Labute approximate surface area is 150 Å². The Morgan fingerprint density at radius 3 is 2.36 bits per heavy atom. The summed E-state index contributed by atoms with van der Waals surface area (Å²) in [7, 11) is 0. The van der Waals surface area contributed by atoms with Gasteiger partial charge in [-0.25, -0.2) is 0 Å². The number of alkyl halides is 3. The van der Waals surface area contributed by atoms with Crippen molar-refractivity contribution in [3.05, 3.63) is 59.7 Å². The standard InChI is InChI=1S/C18H19F3N2OS/c1-12-5-3-4-6-16(12)24-11-13(2)22-17(25)23-15-9-7-14(8-10-15)18(19,20)21/h3-10,13H,11H2,1-2H3,(H2,22,23,25)/t13-/m1/s1. The number of thiocarbonyl (C=S) groups is 1. The summed E-state index contributed by atoms with van der Waals surface area (Å²) in [4.78, 5) is 0. The van der Waals surface area contributed by atoms with Gasteiger partial charge in [0.2, 0.25) is 0 Å². The van der Waals surface area contributed by atoms with Gasteiger partial charge in [0, 0.05) is 5.69 Å². The number of anilines is 1. The van der Waals surface area contributed by atoms with Crippen LogP contribution in [0.4, 0.5) is 18.9 Å². The van der Waals surface area contributed by atoms with E-state index in [1.165, 1.54) is 12.1 Å². The molecule has 0 saturated heterocycles. The molecule has 3 nitrogen and oxygen atoms in total. The molecule has 25 heavy (non-hydrogen) atoms. The van der Waals surface area contributed by atoms with Crippen LogP contribution in [0.1, 0.15) is 18.1 Å². The molecule has 7 heteroatoms. The number of nitrogens with one attached hydrogen (secondary N) is 2. The number of halogens is 3. The highest BCUT2D eigenvalue weighted by Gasteiger charge is 2.29. The topological polar surface area (TPSA) is 33.3 Å². The van der Waals surface area contributed by atoms with E-state index >= 15 is 0 Å². The van der Waals surface area contributed by atoms with Crippen molar-refractivity contribution >= 4 is 23.0 Å². The lowest BCUT2D eigenvalue weighted by Crippen LogP contribution is -2.39. The van der Waals surface area contributed by atoms with Gasteiger partial charge in [0.25, 0.3) is 0 Å². The molecule has 1 atom stereocenters. The monoisotopic (exact) mass is 368 g/mol. The second-order valence-corrected chi connectivity index (χ2v) is 6.06. The minimum Gasteiger partial charge on any atom is -0.491 e. The molecular formula is C18H19F3N2OS. The summed E-state index contributed by atoms with van der Waals surface area (Å²) >= 11 is 5.18. The molecule has 0 spiro atoms. The summed E-state index contributed by atoms with van der Waals surface area (Å²) in [6.45, 7) is 4.27. The van der Waals surface area contributed by atoms with Crippen LogP contribution in [0.2, 0.25) is 0 Å². The minimum atomic E-state index is -4.35. The Morgan fingerprint density at radius 1 is 1.12 bits per heavy atom. The van der Waals surface area contributed by atoms with Gasteiger partial charge < -0.3 is 15.4 Å². The fraction of sp³-hybridized carbons (Fsp3) is 0.278. The van der Waals surface area contributed by atoms with Crippen molar-refractivity contribution in [1.29, 1.82) is 0 Å². The van der Waals surface area contributed by atoms with Gasteiger partial charge in [-0.05, 0) is 62.0 Å². The zero-order valence-electron chi connectivity index (χ0n) is 13.9. The highest BCUT2D eigenvalue weighted by Crippen LogP contribution is 2.29. The maximum atomic E-state index is 12.5. The Balaban J connectivity index is 1.82. The second kappa shape index (κ2) is 8.20. The maximum absolute atomic E-state index is 12.5. The summed E-state index contributed by atoms with van der Waals surface area (Å²) in [6.07, 6.45) is -4.35. The minimum absolute atomic E-state index is 0.0749. The highest BCUT2D eigenvalue weighted by molar-refractivity contribution is 7.80. The first-order valence-electron chi connectivity index (χ1n) is 7.69. The molecule has 0 radical (unpaired) electrons. The maximum Gasteiger partial charge on any atom is 0.416 e. The largest absolute Gasteiger partial charge is 0.491 e.